The number of nitrogens with one attached hydrogen (secondary N) is 1. The molecular formula is C26H33N5O3. The van der Waals surface area contributed by atoms with Gasteiger partial charge in [0, 0.05) is 44.2 Å². The van der Waals surface area contributed by atoms with Crippen LogP contribution in [0.25, 0.3) is 0 Å². The number of benzene rings is 1. The molecule has 2 aromatic rings. The summed E-state index contributed by atoms with van der Waals surface area (Å²) in [5, 5.41) is 14.2. The van der Waals surface area contributed by atoms with E-state index in [0.29, 0.717) is 24.6 Å². The Morgan fingerprint density at radius 3 is 2.59 bits per heavy atom. The number of rotatable bonds is 5. The summed E-state index contributed by atoms with van der Waals surface area (Å²) in [6.07, 6.45) is 5.40. The van der Waals surface area contributed by atoms with Crippen LogP contribution in [0.4, 0.5) is 5.82 Å². The first-order chi connectivity index (χ1) is 16.5. The van der Waals surface area contributed by atoms with Crippen LogP contribution in [0.15, 0.2) is 36.7 Å². The van der Waals surface area contributed by atoms with E-state index < -0.39 is 6.10 Å². The van der Waals surface area contributed by atoms with Crippen LogP contribution in [0, 0.1) is 5.92 Å². The van der Waals surface area contributed by atoms with Crippen LogP contribution in [0.3, 0.4) is 0 Å². The summed E-state index contributed by atoms with van der Waals surface area (Å²) in [5.41, 5.74) is 3.01. The summed E-state index contributed by atoms with van der Waals surface area (Å²) >= 11 is 0. The Labute approximate surface area is 200 Å². The molecule has 1 saturated carbocycles. The number of fused-ring (bicyclic) bond motifs is 1. The standard InChI is InChI=1S/C26H33N5O3/c1-17(32)18-6-8-21(9-7-18)29-25-12-22(27-16-28-25)26(34)31-14-23(24(33)15-31)30-11-10-19-4-2-3-5-20(19)13-30/h2-5,12,16,18,21,23-24,33H,6-11,13-15H2,1H3,(H,27,28,29)/t18?,21?,23-,24-/m1/s1. The Bertz CT molecular complexity index is 1050. The maximum absolute atomic E-state index is 13.2. The highest BCUT2D eigenvalue weighted by atomic mass is 16.3. The number of hydrogen-bond acceptors (Lipinski definition) is 7. The van der Waals surface area contributed by atoms with E-state index in [1.54, 1.807) is 17.9 Å². The van der Waals surface area contributed by atoms with Gasteiger partial charge in [0.25, 0.3) is 5.91 Å². The number of carbonyl (C=O) groups is 2. The number of aliphatic hydroxyl groups is 1. The monoisotopic (exact) mass is 463 g/mol. The number of carbonyl (C=O) groups excluding carboxylic acids is 2. The highest BCUT2D eigenvalue weighted by Gasteiger charge is 2.39. The van der Waals surface area contributed by atoms with Gasteiger partial charge in [-0.2, -0.15) is 0 Å². The Hall–Kier alpha value is -2.84. The normalized spacial score (nSPS) is 27.3. The lowest BCUT2D eigenvalue weighted by atomic mass is 9.84. The van der Waals surface area contributed by atoms with Gasteiger partial charge in [0.1, 0.15) is 23.6 Å². The Kier molecular flexibility index (Phi) is 6.61. The first kappa shape index (κ1) is 22.9. The molecule has 34 heavy (non-hydrogen) atoms. The predicted molar refractivity (Wildman–Crippen MR) is 128 cm³/mol. The van der Waals surface area contributed by atoms with Gasteiger partial charge in [0.05, 0.1) is 12.1 Å². The molecule has 2 N–H and O–H groups in total. The lowest BCUT2D eigenvalue weighted by molar-refractivity contribution is -0.121. The lowest BCUT2D eigenvalue weighted by Gasteiger charge is -2.34. The average molecular weight is 464 g/mol. The van der Waals surface area contributed by atoms with Crippen molar-refractivity contribution in [3.63, 3.8) is 0 Å². The zero-order chi connectivity index (χ0) is 23.7. The number of hydrogen-bond donors (Lipinski definition) is 2. The van der Waals surface area contributed by atoms with Crippen molar-refractivity contribution in [2.45, 2.75) is 63.8 Å². The molecule has 1 aromatic carbocycles. The molecular weight excluding hydrogens is 430 g/mol. The minimum absolute atomic E-state index is 0.0757. The van der Waals surface area contributed by atoms with Crippen molar-refractivity contribution in [1.82, 2.24) is 19.8 Å². The van der Waals surface area contributed by atoms with Gasteiger partial charge >= 0.3 is 0 Å². The molecule has 180 valence electrons. The van der Waals surface area contributed by atoms with Crippen molar-refractivity contribution in [1.29, 1.82) is 0 Å². The molecule has 5 rings (SSSR count). The molecule has 0 spiro atoms. The fourth-order valence-electron chi connectivity index (χ4n) is 5.66. The second kappa shape index (κ2) is 9.80. The van der Waals surface area contributed by atoms with E-state index in [0.717, 1.165) is 45.2 Å². The average Bonchev–Trinajstić information content (AvgIpc) is 3.25. The largest absolute Gasteiger partial charge is 0.390 e. The quantitative estimate of drug-likeness (QED) is 0.702. The van der Waals surface area contributed by atoms with E-state index in [4.69, 9.17) is 0 Å². The van der Waals surface area contributed by atoms with Crippen LogP contribution in [0.5, 0.6) is 0 Å². The van der Waals surface area contributed by atoms with Gasteiger partial charge < -0.3 is 15.3 Å². The predicted octanol–water partition coefficient (Wildman–Crippen LogP) is 2.28. The molecule has 1 saturated heterocycles. The maximum atomic E-state index is 13.2. The Balaban J connectivity index is 1.20. The fraction of sp³-hybridized carbons (Fsp3) is 0.538. The maximum Gasteiger partial charge on any atom is 0.272 e. The van der Waals surface area contributed by atoms with Crippen LogP contribution in [0.2, 0.25) is 0 Å². The molecule has 1 aromatic heterocycles. The SMILES string of the molecule is CC(=O)C1CCC(Nc2cc(C(=O)N3C[C@@H](O)[C@H](N4CCc5ccccc5C4)C3)ncn2)CC1. The van der Waals surface area contributed by atoms with Crippen molar-refractivity contribution < 1.29 is 14.7 Å². The van der Waals surface area contributed by atoms with E-state index in [1.165, 1.54) is 17.5 Å². The molecule has 2 aliphatic heterocycles. The molecule has 3 heterocycles. The number of aromatic nitrogens is 2. The van der Waals surface area contributed by atoms with Gasteiger partial charge in [-0.1, -0.05) is 24.3 Å². The van der Waals surface area contributed by atoms with Gasteiger partial charge in [0.2, 0.25) is 0 Å². The lowest BCUT2D eigenvalue weighted by Crippen LogP contribution is -2.45. The second-order valence-electron chi connectivity index (χ2n) is 9.93. The molecule has 0 bridgehead atoms. The van der Waals surface area contributed by atoms with Crippen molar-refractivity contribution >= 4 is 17.5 Å². The molecule has 0 unspecified atom stereocenters. The third-order valence-electron chi connectivity index (χ3n) is 7.72. The second-order valence-corrected chi connectivity index (χ2v) is 9.93. The molecule has 1 amide bonds. The van der Waals surface area contributed by atoms with Crippen LogP contribution < -0.4 is 5.32 Å². The fourth-order valence-corrected chi connectivity index (χ4v) is 5.66. The molecule has 8 nitrogen and oxygen atoms in total. The zero-order valence-corrected chi connectivity index (χ0v) is 19.7. The number of likely N-dealkylation sites (tertiary alicyclic amines) is 1. The van der Waals surface area contributed by atoms with E-state index in [1.807, 2.05) is 0 Å². The van der Waals surface area contributed by atoms with Gasteiger partial charge in [-0.05, 0) is 50.2 Å². The highest BCUT2D eigenvalue weighted by Crippen LogP contribution is 2.28. The number of ketones is 1. The van der Waals surface area contributed by atoms with Crippen LogP contribution in [-0.4, -0.2) is 74.4 Å². The summed E-state index contributed by atoms with van der Waals surface area (Å²) in [6, 6.07) is 10.3. The number of aliphatic hydroxyl groups excluding tert-OH is 1. The van der Waals surface area contributed by atoms with E-state index in [2.05, 4.69) is 44.5 Å². The molecule has 8 heteroatoms. The molecule has 1 aliphatic carbocycles. The summed E-state index contributed by atoms with van der Waals surface area (Å²) in [4.78, 5) is 37.4. The van der Waals surface area contributed by atoms with Crippen LogP contribution in [0.1, 0.15) is 54.2 Å². The van der Waals surface area contributed by atoms with E-state index >= 15 is 0 Å². The Morgan fingerprint density at radius 1 is 1.06 bits per heavy atom. The number of β-amino-alcohol motifs (C(OH)–C–C–N with tert-alkyl or cyclic N) is 1. The van der Waals surface area contributed by atoms with Gasteiger partial charge in [-0.25, -0.2) is 9.97 Å². The number of amides is 1. The Morgan fingerprint density at radius 2 is 1.82 bits per heavy atom. The molecule has 2 fully saturated rings. The molecule has 0 radical (unpaired) electrons. The van der Waals surface area contributed by atoms with Gasteiger partial charge in [-0.3, -0.25) is 14.5 Å². The zero-order valence-electron chi connectivity index (χ0n) is 19.7. The first-order valence-corrected chi connectivity index (χ1v) is 12.3. The van der Waals surface area contributed by atoms with Gasteiger partial charge in [0.15, 0.2) is 0 Å². The van der Waals surface area contributed by atoms with E-state index in [9.17, 15) is 14.7 Å². The first-order valence-electron chi connectivity index (χ1n) is 12.3. The molecule has 2 atom stereocenters. The third kappa shape index (κ3) is 4.83. The van der Waals surface area contributed by atoms with Crippen molar-refractivity contribution in [3.05, 3.63) is 53.5 Å². The summed E-state index contributed by atoms with van der Waals surface area (Å²) in [7, 11) is 0. The topological polar surface area (TPSA) is 98.7 Å². The van der Waals surface area contributed by atoms with Crippen LogP contribution >= 0.6 is 0 Å². The minimum atomic E-state index is -0.579. The number of nitrogens with zero attached hydrogens (tertiary/aromatic N) is 4. The van der Waals surface area contributed by atoms with Crippen molar-refractivity contribution in [2.24, 2.45) is 5.92 Å². The smallest absolute Gasteiger partial charge is 0.272 e. The van der Waals surface area contributed by atoms with Crippen molar-refractivity contribution in [3.8, 4) is 0 Å². The van der Waals surface area contributed by atoms with E-state index in [-0.39, 0.29) is 29.7 Å². The number of Topliss-reactive ketones (excluding diaryl/α,β-unsaturated/α-hetero) is 1. The van der Waals surface area contributed by atoms with Crippen LogP contribution in [-0.2, 0) is 17.8 Å². The molecule has 3 aliphatic rings. The number of anilines is 1. The highest BCUT2D eigenvalue weighted by molar-refractivity contribution is 5.93. The summed E-state index contributed by atoms with van der Waals surface area (Å²) in [5.74, 6) is 0.898. The summed E-state index contributed by atoms with van der Waals surface area (Å²) < 4.78 is 0. The van der Waals surface area contributed by atoms with Crippen molar-refractivity contribution in [2.75, 3.05) is 25.0 Å². The van der Waals surface area contributed by atoms with Gasteiger partial charge in [-0.15, -0.1) is 0 Å². The summed E-state index contributed by atoms with van der Waals surface area (Å²) in [6.45, 7) is 4.15. The minimum Gasteiger partial charge on any atom is -0.390 e. The third-order valence-corrected chi connectivity index (χ3v) is 7.72.